The van der Waals surface area contributed by atoms with Crippen LogP contribution in [0.1, 0.15) is 25.8 Å². The summed E-state index contributed by atoms with van der Waals surface area (Å²) in [5.41, 5.74) is 1.39. The zero-order chi connectivity index (χ0) is 13.4. The number of nitrogens with zero attached hydrogens (tertiary/aromatic N) is 2. The Hall–Kier alpha value is -2.02. The standard InChI is InChI=1S/C14H19N3O/c1-3-17(4-2)14(18)9-10-16-13-8-6-5-7-12(13)11-15/h5-8,16H,3-4,9-10H2,1-2H3. The van der Waals surface area contributed by atoms with E-state index in [1.807, 2.05) is 32.0 Å². The van der Waals surface area contributed by atoms with Gasteiger partial charge in [-0.3, -0.25) is 4.79 Å². The van der Waals surface area contributed by atoms with Crippen molar-refractivity contribution in [3.8, 4) is 6.07 Å². The number of carbonyl (C=O) groups excluding carboxylic acids is 1. The highest BCUT2D eigenvalue weighted by atomic mass is 16.2. The first-order valence-corrected chi connectivity index (χ1v) is 6.23. The van der Waals surface area contributed by atoms with E-state index in [4.69, 9.17) is 5.26 Å². The smallest absolute Gasteiger partial charge is 0.224 e. The van der Waals surface area contributed by atoms with E-state index in [0.717, 1.165) is 18.8 Å². The Morgan fingerprint density at radius 2 is 2.00 bits per heavy atom. The molecular weight excluding hydrogens is 226 g/mol. The minimum atomic E-state index is 0.141. The summed E-state index contributed by atoms with van der Waals surface area (Å²) in [6.07, 6.45) is 0.446. The highest BCUT2D eigenvalue weighted by molar-refractivity contribution is 5.76. The number of carbonyl (C=O) groups is 1. The minimum Gasteiger partial charge on any atom is -0.383 e. The van der Waals surface area contributed by atoms with E-state index in [-0.39, 0.29) is 5.91 Å². The molecule has 18 heavy (non-hydrogen) atoms. The number of hydrogen-bond acceptors (Lipinski definition) is 3. The quantitative estimate of drug-likeness (QED) is 0.836. The lowest BCUT2D eigenvalue weighted by Crippen LogP contribution is -2.31. The van der Waals surface area contributed by atoms with Crippen LogP contribution in [-0.2, 0) is 4.79 Å². The van der Waals surface area contributed by atoms with Gasteiger partial charge >= 0.3 is 0 Å². The Morgan fingerprint density at radius 3 is 2.61 bits per heavy atom. The first-order valence-electron chi connectivity index (χ1n) is 6.23. The van der Waals surface area contributed by atoms with Crippen LogP contribution in [0.3, 0.4) is 0 Å². The maximum atomic E-state index is 11.8. The van der Waals surface area contributed by atoms with Crippen molar-refractivity contribution in [3.05, 3.63) is 29.8 Å². The lowest BCUT2D eigenvalue weighted by molar-refractivity contribution is -0.130. The van der Waals surface area contributed by atoms with E-state index in [1.165, 1.54) is 0 Å². The molecule has 0 aliphatic heterocycles. The monoisotopic (exact) mass is 245 g/mol. The fraction of sp³-hybridized carbons (Fsp3) is 0.429. The zero-order valence-corrected chi connectivity index (χ0v) is 10.9. The van der Waals surface area contributed by atoms with Gasteiger partial charge in [0, 0.05) is 26.1 Å². The summed E-state index contributed by atoms with van der Waals surface area (Å²) < 4.78 is 0. The van der Waals surface area contributed by atoms with Gasteiger partial charge in [0.05, 0.1) is 11.3 Å². The maximum Gasteiger partial charge on any atom is 0.224 e. The van der Waals surface area contributed by atoms with Crippen molar-refractivity contribution in [2.75, 3.05) is 25.0 Å². The number of amides is 1. The number of rotatable bonds is 6. The summed E-state index contributed by atoms with van der Waals surface area (Å²) in [5, 5.41) is 12.1. The Bertz CT molecular complexity index is 433. The topological polar surface area (TPSA) is 56.1 Å². The highest BCUT2D eigenvalue weighted by Crippen LogP contribution is 2.13. The molecule has 1 N–H and O–H groups in total. The van der Waals surface area contributed by atoms with Gasteiger partial charge in [-0.2, -0.15) is 5.26 Å². The van der Waals surface area contributed by atoms with E-state index in [9.17, 15) is 4.79 Å². The maximum absolute atomic E-state index is 11.8. The summed E-state index contributed by atoms with van der Waals surface area (Å²) in [6, 6.07) is 9.42. The number of para-hydroxylation sites is 1. The summed E-state index contributed by atoms with van der Waals surface area (Å²) in [7, 11) is 0. The van der Waals surface area contributed by atoms with Gasteiger partial charge in [-0.1, -0.05) is 12.1 Å². The van der Waals surface area contributed by atoms with Crippen LogP contribution >= 0.6 is 0 Å². The van der Waals surface area contributed by atoms with Crippen LogP contribution in [-0.4, -0.2) is 30.4 Å². The summed E-state index contributed by atoms with van der Waals surface area (Å²) in [4.78, 5) is 13.6. The summed E-state index contributed by atoms with van der Waals surface area (Å²) >= 11 is 0. The predicted octanol–water partition coefficient (Wildman–Crippen LogP) is 2.23. The molecule has 0 aromatic heterocycles. The van der Waals surface area contributed by atoms with Crippen LogP contribution < -0.4 is 5.32 Å². The molecule has 1 aromatic rings. The number of benzene rings is 1. The average Bonchev–Trinajstić information content (AvgIpc) is 2.40. The first kappa shape index (κ1) is 14.0. The molecule has 0 spiro atoms. The molecule has 0 fully saturated rings. The fourth-order valence-corrected chi connectivity index (χ4v) is 1.77. The van der Waals surface area contributed by atoms with Crippen LogP contribution in [0.4, 0.5) is 5.69 Å². The summed E-state index contributed by atoms with van der Waals surface area (Å²) in [6.45, 7) is 5.97. The van der Waals surface area contributed by atoms with E-state index in [2.05, 4.69) is 11.4 Å². The molecular formula is C14H19N3O. The van der Waals surface area contributed by atoms with Gasteiger partial charge in [0.1, 0.15) is 6.07 Å². The van der Waals surface area contributed by atoms with Crippen molar-refractivity contribution >= 4 is 11.6 Å². The molecule has 0 atom stereocenters. The van der Waals surface area contributed by atoms with Crippen LogP contribution in [0.2, 0.25) is 0 Å². The lowest BCUT2D eigenvalue weighted by atomic mass is 10.2. The largest absolute Gasteiger partial charge is 0.383 e. The number of anilines is 1. The Morgan fingerprint density at radius 1 is 1.33 bits per heavy atom. The molecule has 0 saturated heterocycles. The van der Waals surface area contributed by atoms with Gasteiger partial charge < -0.3 is 10.2 Å². The second-order valence-corrected chi connectivity index (χ2v) is 3.90. The SMILES string of the molecule is CCN(CC)C(=O)CCNc1ccccc1C#N. The normalized spacial score (nSPS) is 9.61. The number of hydrogen-bond donors (Lipinski definition) is 1. The van der Waals surface area contributed by atoms with E-state index in [0.29, 0.717) is 18.5 Å². The highest BCUT2D eigenvalue weighted by Gasteiger charge is 2.08. The minimum absolute atomic E-state index is 0.141. The van der Waals surface area contributed by atoms with Crippen molar-refractivity contribution in [1.82, 2.24) is 4.90 Å². The molecule has 0 bridgehead atoms. The summed E-state index contributed by atoms with van der Waals surface area (Å²) in [5.74, 6) is 0.141. The molecule has 0 unspecified atom stereocenters. The van der Waals surface area contributed by atoms with Gasteiger partial charge in [-0.15, -0.1) is 0 Å². The Labute approximate surface area is 108 Å². The third-order valence-electron chi connectivity index (χ3n) is 2.82. The fourth-order valence-electron chi connectivity index (χ4n) is 1.77. The van der Waals surface area contributed by atoms with Gasteiger partial charge in [-0.05, 0) is 26.0 Å². The third-order valence-corrected chi connectivity index (χ3v) is 2.82. The molecule has 1 amide bonds. The second kappa shape index (κ2) is 7.33. The van der Waals surface area contributed by atoms with E-state index < -0.39 is 0 Å². The van der Waals surface area contributed by atoms with Crippen LogP contribution in [0.25, 0.3) is 0 Å². The van der Waals surface area contributed by atoms with Gasteiger partial charge in [0.2, 0.25) is 5.91 Å². The van der Waals surface area contributed by atoms with Gasteiger partial charge in [-0.25, -0.2) is 0 Å². The molecule has 1 rings (SSSR count). The van der Waals surface area contributed by atoms with Crippen molar-refractivity contribution in [2.24, 2.45) is 0 Å². The molecule has 4 nitrogen and oxygen atoms in total. The number of nitrogens with one attached hydrogen (secondary N) is 1. The molecule has 96 valence electrons. The molecule has 0 aliphatic carbocycles. The van der Waals surface area contributed by atoms with E-state index in [1.54, 1.807) is 11.0 Å². The van der Waals surface area contributed by atoms with Crippen LogP contribution in [0.5, 0.6) is 0 Å². The van der Waals surface area contributed by atoms with Gasteiger partial charge in [0.15, 0.2) is 0 Å². The van der Waals surface area contributed by atoms with E-state index >= 15 is 0 Å². The van der Waals surface area contributed by atoms with Crippen LogP contribution in [0.15, 0.2) is 24.3 Å². The second-order valence-electron chi connectivity index (χ2n) is 3.90. The Balaban J connectivity index is 2.47. The average molecular weight is 245 g/mol. The third kappa shape index (κ3) is 3.77. The van der Waals surface area contributed by atoms with Crippen molar-refractivity contribution in [2.45, 2.75) is 20.3 Å². The zero-order valence-electron chi connectivity index (χ0n) is 10.9. The molecule has 4 heteroatoms. The van der Waals surface area contributed by atoms with Crippen LogP contribution in [0, 0.1) is 11.3 Å². The predicted molar refractivity (Wildman–Crippen MR) is 72.2 cm³/mol. The van der Waals surface area contributed by atoms with Crippen molar-refractivity contribution in [1.29, 1.82) is 5.26 Å². The van der Waals surface area contributed by atoms with Gasteiger partial charge in [0.25, 0.3) is 0 Å². The molecule has 0 heterocycles. The molecule has 0 saturated carbocycles. The molecule has 1 aromatic carbocycles. The van der Waals surface area contributed by atoms with Crippen molar-refractivity contribution < 1.29 is 4.79 Å². The Kier molecular flexibility index (Phi) is 5.72. The van der Waals surface area contributed by atoms with Crippen molar-refractivity contribution in [3.63, 3.8) is 0 Å². The molecule has 0 aliphatic rings. The molecule has 0 radical (unpaired) electrons. The first-order chi connectivity index (χ1) is 8.72. The number of nitriles is 1. The lowest BCUT2D eigenvalue weighted by Gasteiger charge is -2.18.